The highest BCUT2D eigenvalue weighted by Crippen LogP contribution is 2.35. The van der Waals surface area contributed by atoms with Crippen LogP contribution in [0, 0.1) is 0 Å². The summed E-state index contributed by atoms with van der Waals surface area (Å²) in [5.74, 6) is 0. The van der Waals surface area contributed by atoms with Gasteiger partial charge < -0.3 is 52.5 Å². The Balaban J connectivity index is 1.36. The normalized spacial score (nSPS) is 27.2. The van der Waals surface area contributed by atoms with Crippen LogP contribution in [0.5, 0.6) is 0 Å². The predicted molar refractivity (Wildman–Crippen MR) is 217 cm³/mol. The van der Waals surface area contributed by atoms with Crippen molar-refractivity contribution in [1.82, 2.24) is 0 Å². The first-order chi connectivity index (χ1) is 28.6. The van der Waals surface area contributed by atoms with E-state index < -0.39 is 61.4 Å². The second-order valence-electron chi connectivity index (χ2n) is 14.1. The average molecular weight is 797 g/mol. The molecule has 0 unspecified atom stereocenters. The highest BCUT2D eigenvalue weighted by atomic mass is 16.8. The zero-order chi connectivity index (χ0) is 40.4. The molecule has 0 radical (unpaired) electrons. The van der Waals surface area contributed by atoms with Gasteiger partial charge in [-0.15, -0.1) is 13.2 Å². The van der Waals surface area contributed by atoms with Crippen molar-refractivity contribution in [2.24, 2.45) is 0 Å². The lowest BCUT2D eigenvalue weighted by Gasteiger charge is -2.49. The maximum atomic E-state index is 11.7. The molecule has 4 aromatic rings. The molecular weight excluding hydrogens is 741 g/mol. The first-order valence-electron chi connectivity index (χ1n) is 19.7. The minimum Gasteiger partial charge on any atom is -0.387 e. The average Bonchev–Trinajstić information content (AvgIpc) is 3.27. The Morgan fingerprint density at radius 1 is 0.500 bits per heavy atom. The molecule has 2 heterocycles. The molecule has 4 aromatic carbocycles. The molecule has 2 aliphatic rings. The van der Waals surface area contributed by atoms with Gasteiger partial charge in [-0.2, -0.15) is 0 Å². The van der Waals surface area contributed by atoms with E-state index in [1.54, 1.807) is 12.2 Å². The fourth-order valence-electron chi connectivity index (χ4n) is 7.01. The second kappa shape index (κ2) is 23.5. The van der Waals surface area contributed by atoms with Crippen LogP contribution in [-0.4, -0.2) is 100 Å². The van der Waals surface area contributed by atoms with Gasteiger partial charge in [-0.25, -0.2) is 0 Å². The maximum Gasteiger partial charge on any atom is 0.187 e. The fraction of sp³-hybridized carbons (Fsp3) is 0.404. The van der Waals surface area contributed by atoms with E-state index in [0.29, 0.717) is 6.61 Å². The molecule has 11 nitrogen and oxygen atoms in total. The number of aliphatic hydroxyl groups is 1. The summed E-state index contributed by atoms with van der Waals surface area (Å²) >= 11 is 0. The third-order valence-corrected chi connectivity index (χ3v) is 9.91. The predicted octanol–water partition coefficient (Wildman–Crippen LogP) is 6.58. The molecule has 6 rings (SSSR count). The topological polar surface area (TPSA) is 113 Å². The van der Waals surface area contributed by atoms with Crippen LogP contribution in [0.25, 0.3) is 0 Å². The van der Waals surface area contributed by atoms with Crippen LogP contribution < -0.4 is 0 Å². The minimum absolute atomic E-state index is 0.0765. The molecule has 0 spiro atoms. The van der Waals surface area contributed by atoms with Gasteiger partial charge in [0.25, 0.3) is 0 Å². The molecule has 310 valence electrons. The quantitative estimate of drug-likeness (QED) is 0.0650. The SMILES string of the molecule is C=CCOC[C@H]1O[C@H](OC)[C@@H](O[C@H]2O[C@H](COCc3ccccc3)[C@@H](OCc3ccccc3)[C@H](OCc3ccccc3)[C@@H]2OCc2ccccc2)[C@@H](OCC=C)[C@@H]1O. The van der Waals surface area contributed by atoms with E-state index in [9.17, 15) is 5.11 Å². The zero-order valence-electron chi connectivity index (χ0n) is 33.1. The number of rotatable bonds is 23. The molecule has 0 amide bonds. The number of benzene rings is 4. The number of aliphatic hydroxyl groups excluding tert-OH is 1. The molecule has 1 N–H and O–H groups in total. The Bertz CT molecular complexity index is 1730. The summed E-state index contributed by atoms with van der Waals surface area (Å²) in [6, 6.07) is 39.7. The summed E-state index contributed by atoms with van der Waals surface area (Å²) in [7, 11) is 1.51. The molecule has 2 aliphatic heterocycles. The van der Waals surface area contributed by atoms with Gasteiger partial charge in [-0.05, 0) is 22.3 Å². The van der Waals surface area contributed by atoms with E-state index in [-0.39, 0.29) is 46.2 Å². The van der Waals surface area contributed by atoms with E-state index in [1.165, 1.54) is 7.11 Å². The van der Waals surface area contributed by atoms with Crippen molar-refractivity contribution in [3.8, 4) is 0 Å². The standard InChI is InChI=1S/C47H56O11/c1-4-26-50-32-38-40(48)42(52-27-5-2)45(46(49-3)56-38)58-47-44(55-31-37-24-16-9-17-25-37)43(54-30-36-22-14-8-15-23-36)41(53-29-35-20-12-7-13-21-35)39(57-47)33-51-28-34-18-10-6-11-19-34/h4-25,38-48H,1-2,26-33H2,3H3/t38-,39-,40-,41-,42+,43+,44+,45+,46+,47-/m1/s1. The van der Waals surface area contributed by atoms with Crippen LogP contribution in [-0.2, 0) is 73.8 Å². The molecule has 2 fully saturated rings. The van der Waals surface area contributed by atoms with Gasteiger partial charge >= 0.3 is 0 Å². The van der Waals surface area contributed by atoms with Crippen molar-refractivity contribution < 1.29 is 52.5 Å². The van der Waals surface area contributed by atoms with Gasteiger partial charge in [-0.1, -0.05) is 133 Å². The van der Waals surface area contributed by atoms with Crippen molar-refractivity contribution in [3.63, 3.8) is 0 Å². The number of ether oxygens (including phenoxy) is 10. The summed E-state index contributed by atoms with van der Waals surface area (Å²) in [5, 5.41) is 11.7. The summed E-state index contributed by atoms with van der Waals surface area (Å²) in [6.45, 7) is 9.28. The van der Waals surface area contributed by atoms with Crippen LogP contribution in [0.3, 0.4) is 0 Å². The van der Waals surface area contributed by atoms with Crippen LogP contribution in [0.1, 0.15) is 22.3 Å². The highest BCUT2D eigenvalue weighted by Gasteiger charge is 2.54. The Morgan fingerprint density at radius 3 is 1.48 bits per heavy atom. The number of methoxy groups -OCH3 is 1. The Morgan fingerprint density at radius 2 is 0.966 bits per heavy atom. The molecule has 0 aromatic heterocycles. The molecule has 0 bridgehead atoms. The van der Waals surface area contributed by atoms with Gasteiger partial charge in [-0.3, -0.25) is 0 Å². The van der Waals surface area contributed by atoms with Crippen molar-refractivity contribution in [3.05, 3.63) is 169 Å². The Hall–Kier alpha value is -4.08. The number of hydrogen-bond acceptors (Lipinski definition) is 11. The zero-order valence-corrected chi connectivity index (χ0v) is 33.1. The van der Waals surface area contributed by atoms with Gasteiger partial charge in [0.2, 0.25) is 0 Å². The molecule has 10 atom stereocenters. The van der Waals surface area contributed by atoms with E-state index in [4.69, 9.17) is 47.4 Å². The van der Waals surface area contributed by atoms with Crippen molar-refractivity contribution >= 4 is 0 Å². The molecular formula is C47H56O11. The molecule has 0 saturated carbocycles. The van der Waals surface area contributed by atoms with Crippen LogP contribution >= 0.6 is 0 Å². The smallest absolute Gasteiger partial charge is 0.187 e. The lowest BCUT2D eigenvalue weighted by Crippen LogP contribution is -2.66. The van der Waals surface area contributed by atoms with Crippen LogP contribution in [0.2, 0.25) is 0 Å². The highest BCUT2D eigenvalue weighted by molar-refractivity contribution is 5.16. The third-order valence-electron chi connectivity index (χ3n) is 9.91. The Kier molecular flexibility index (Phi) is 17.6. The first-order valence-corrected chi connectivity index (χ1v) is 19.7. The summed E-state index contributed by atoms with van der Waals surface area (Å²) < 4.78 is 64.7. The lowest BCUT2D eigenvalue weighted by atomic mass is 9.96. The summed E-state index contributed by atoms with van der Waals surface area (Å²) in [4.78, 5) is 0. The molecule has 2 saturated heterocycles. The molecule has 0 aliphatic carbocycles. The Labute approximate surface area is 342 Å². The van der Waals surface area contributed by atoms with E-state index in [0.717, 1.165) is 22.3 Å². The second-order valence-corrected chi connectivity index (χ2v) is 14.1. The molecule has 11 heteroatoms. The van der Waals surface area contributed by atoms with Crippen molar-refractivity contribution in [2.45, 2.75) is 87.8 Å². The van der Waals surface area contributed by atoms with Crippen LogP contribution in [0.15, 0.2) is 147 Å². The van der Waals surface area contributed by atoms with E-state index >= 15 is 0 Å². The largest absolute Gasteiger partial charge is 0.387 e. The van der Waals surface area contributed by atoms with Crippen LogP contribution in [0.4, 0.5) is 0 Å². The van der Waals surface area contributed by atoms with E-state index in [2.05, 4.69) is 13.2 Å². The minimum atomic E-state index is -1.16. The summed E-state index contributed by atoms with van der Waals surface area (Å²) in [5.41, 5.74) is 3.91. The fourth-order valence-corrected chi connectivity index (χ4v) is 7.01. The van der Waals surface area contributed by atoms with E-state index in [1.807, 2.05) is 121 Å². The monoisotopic (exact) mass is 796 g/mol. The van der Waals surface area contributed by atoms with Crippen molar-refractivity contribution in [2.75, 3.05) is 33.5 Å². The number of hydrogen-bond donors (Lipinski definition) is 1. The van der Waals surface area contributed by atoms with Gasteiger partial charge in [0, 0.05) is 7.11 Å². The van der Waals surface area contributed by atoms with Gasteiger partial charge in [0.05, 0.1) is 52.9 Å². The van der Waals surface area contributed by atoms with Gasteiger partial charge in [0.1, 0.15) is 48.8 Å². The molecule has 58 heavy (non-hydrogen) atoms. The van der Waals surface area contributed by atoms with Gasteiger partial charge in [0.15, 0.2) is 12.6 Å². The third kappa shape index (κ3) is 12.5. The maximum absolute atomic E-state index is 11.7. The lowest BCUT2D eigenvalue weighted by molar-refractivity contribution is -0.377. The van der Waals surface area contributed by atoms with Crippen molar-refractivity contribution in [1.29, 1.82) is 0 Å². The summed E-state index contributed by atoms with van der Waals surface area (Å²) in [6.07, 6.45) is -5.70. The first kappa shape index (κ1) is 43.5.